The SMILES string of the molecule is CN1CCN(CCCCN2C(=O)CN(/N=C/c3ccc(-c4ccc(Cl)cc4)o3)C2=O)CC1.Cl.Cl.Cl. The van der Waals surface area contributed by atoms with Crippen LogP contribution in [-0.4, -0.2) is 90.7 Å². The topological polar surface area (TPSA) is 72.6 Å². The molecule has 0 bridgehead atoms. The first kappa shape index (κ1) is 31.2. The lowest BCUT2D eigenvalue weighted by molar-refractivity contribution is -0.125. The molecule has 3 amide bonds. The highest BCUT2D eigenvalue weighted by atomic mass is 35.5. The number of rotatable bonds is 8. The summed E-state index contributed by atoms with van der Waals surface area (Å²) in [6.45, 7) is 5.72. The molecule has 0 atom stereocenters. The zero-order valence-corrected chi connectivity index (χ0v) is 22.7. The number of amides is 3. The number of piperazine rings is 1. The van der Waals surface area contributed by atoms with Gasteiger partial charge in [-0.05, 0) is 62.8 Å². The van der Waals surface area contributed by atoms with Crippen molar-refractivity contribution >= 4 is 67.0 Å². The molecule has 2 aliphatic rings. The van der Waals surface area contributed by atoms with E-state index in [0.717, 1.165) is 51.1 Å². The Morgan fingerprint density at radius 3 is 2.29 bits per heavy atom. The zero-order valence-electron chi connectivity index (χ0n) is 19.5. The zero-order chi connectivity index (χ0) is 22.5. The van der Waals surface area contributed by atoms with Gasteiger partial charge in [0.2, 0.25) is 0 Å². The average molecular weight is 567 g/mol. The molecule has 1 aromatic heterocycles. The third-order valence-electron chi connectivity index (χ3n) is 5.82. The quantitative estimate of drug-likeness (QED) is 0.267. The molecule has 0 unspecified atom stereocenters. The number of hydrogen-bond acceptors (Lipinski definition) is 6. The summed E-state index contributed by atoms with van der Waals surface area (Å²) >= 11 is 5.92. The molecule has 194 valence electrons. The van der Waals surface area contributed by atoms with Crippen molar-refractivity contribution in [3.63, 3.8) is 0 Å². The summed E-state index contributed by atoms with van der Waals surface area (Å²) in [6, 6.07) is 10.5. The van der Waals surface area contributed by atoms with E-state index in [1.807, 2.05) is 18.2 Å². The van der Waals surface area contributed by atoms with E-state index in [2.05, 4.69) is 21.9 Å². The van der Waals surface area contributed by atoms with Crippen LogP contribution in [-0.2, 0) is 4.79 Å². The van der Waals surface area contributed by atoms with Crippen molar-refractivity contribution in [1.29, 1.82) is 0 Å². The van der Waals surface area contributed by atoms with E-state index in [0.29, 0.717) is 23.1 Å². The van der Waals surface area contributed by atoms with Gasteiger partial charge in [-0.2, -0.15) is 5.10 Å². The number of unbranched alkanes of at least 4 members (excludes halogenated alkanes) is 1. The Hall–Kier alpha value is -1.81. The number of carbonyl (C=O) groups is 2. The fourth-order valence-electron chi connectivity index (χ4n) is 3.83. The van der Waals surface area contributed by atoms with E-state index in [-0.39, 0.29) is 55.7 Å². The fraction of sp³-hybridized carbons (Fsp3) is 0.435. The van der Waals surface area contributed by atoms with Gasteiger partial charge < -0.3 is 14.2 Å². The van der Waals surface area contributed by atoms with Crippen LogP contribution in [0.4, 0.5) is 4.79 Å². The first-order valence-corrected chi connectivity index (χ1v) is 11.3. The molecule has 2 saturated heterocycles. The lowest BCUT2D eigenvalue weighted by Gasteiger charge is -2.32. The van der Waals surface area contributed by atoms with Crippen molar-refractivity contribution in [2.45, 2.75) is 12.8 Å². The third kappa shape index (κ3) is 8.37. The molecule has 0 spiro atoms. The third-order valence-corrected chi connectivity index (χ3v) is 6.07. The van der Waals surface area contributed by atoms with Gasteiger partial charge in [0.25, 0.3) is 5.91 Å². The Morgan fingerprint density at radius 2 is 1.60 bits per heavy atom. The first-order chi connectivity index (χ1) is 15.5. The lowest BCUT2D eigenvalue weighted by atomic mass is 10.2. The number of nitrogens with zero attached hydrogens (tertiary/aromatic N) is 5. The number of furan rings is 1. The summed E-state index contributed by atoms with van der Waals surface area (Å²) in [4.78, 5) is 30.9. The minimum Gasteiger partial charge on any atom is -0.455 e. The molecule has 2 aliphatic heterocycles. The number of benzene rings is 1. The second kappa shape index (κ2) is 14.7. The van der Waals surface area contributed by atoms with Crippen molar-refractivity contribution < 1.29 is 14.0 Å². The van der Waals surface area contributed by atoms with Crippen LogP contribution < -0.4 is 0 Å². The smallest absolute Gasteiger partial charge is 0.347 e. The second-order valence-corrected chi connectivity index (χ2v) is 8.63. The van der Waals surface area contributed by atoms with E-state index in [1.54, 1.807) is 18.2 Å². The van der Waals surface area contributed by atoms with Crippen LogP contribution in [0.5, 0.6) is 0 Å². The molecule has 8 nitrogen and oxygen atoms in total. The van der Waals surface area contributed by atoms with Crippen molar-refractivity contribution in [2.75, 3.05) is 52.9 Å². The second-order valence-electron chi connectivity index (χ2n) is 8.19. The van der Waals surface area contributed by atoms with Crippen LogP contribution in [0, 0.1) is 0 Å². The van der Waals surface area contributed by atoms with Crippen molar-refractivity contribution in [3.05, 3.63) is 47.2 Å². The van der Waals surface area contributed by atoms with Crippen molar-refractivity contribution in [2.24, 2.45) is 5.10 Å². The van der Waals surface area contributed by atoms with E-state index >= 15 is 0 Å². The van der Waals surface area contributed by atoms with E-state index in [4.69, 9.17) is 16.0 Å². The summed E-state index contributed by atoms with van der Waals surface area (Å²) in [6.07, 6.45) is 3.22. The van der Waals surface area contributed by atoms with Crippen LogP contribution in [0.3, 0.4) is 0 Å². The molecule has 35 heavy (non-hydrogen) atoms. The summed E-state index contributed by atoms with van der Waals surface area (Å²) in [5, 5.41) is 6.02. The van der Waals surface area contributed by atoms with Gasteiger partial charge in [-0.15, -0.1) is 37.2 Å². The van der Waals surface area contributed by atoms with Gasteiger partial charge in [0.1, 0.15) is 18.1 Å². The number of carbonyl (C=O) groups excluding carboxylic acids is 2. The maximum atomic E-state index is 12.6. The predicted octanol–water partition coefficient (Wildman–Crippen LogP) is 4.49. The molecular formula is C23H31Cl4N5O3. The van der Waals surface area contributed by atoms with Gasteiger partial charge in [-0.1, -0.05) is 11.6 Å². The van der Waals surface area contributed by atoms with Gasteiger partial charge >= 0.3 is 6.03 Å². The Bertz CT molecular complexity index is 978. The van der Waals surface area contributed by atoms with Crippen molar-refractivity contribution in [1.82, 2.24) is 19.7 Å². The predicted molar refractivity (Wildman–Crippen MR) is 145 cm³/mol. The normalized spacial score (nSPS) is 16.9. The van der Waals surface area contributed by atoms with Crippen LogP contribution in [0.1, 0.15) is 18.6 Å². The Kier molecular flexibility index (Phi) is 13.1. The minimum atomic E-state index is -0.379. The standard InChI is InChI=1S/C23H28ClN5O3.3ClH/c1-26-12-14-27(15-13-26)10-2-3-11-28-22(30)17-29(23(28)31)25-16-20-8-9-21(32-20)18-4-6-19(24)7-5-18;;;/h4-9,16H,2-3,10-15,17H2,1H3;3*1H/b25-16+;;;. The summed E-state index contributed by atoms with van der Waals surface area (Å²) in [5.41, 5.74) is 0.893. The number of likely N-dealkylation sites (N-methyl/N-ethyl adjacent to an activating group) is 1. The van der Waals surface area contributed by atoms with E-state index in [9.17, 15) is 9.59 Å². The molecular weight excluding hydrogens is 536 g/mol. The number of imide groups is 1. The molecule has 0 radical (unpaired) electrons. The largest absolute Gasteiger partial charge is 0.455 e. The Balaban J connectivity index is 0.00000204. The molecule has 0 aliphatic carbocycles. The van der Waals surface area contributed by atoms with E-state index in [1.165, 1.54) is 16.1 Å². The van der Waals surface area contributed by atoms with Gasteiger partial charge in [0.15, 0.2) is 0 Å². The van der Waals surface area contributed by atoms with Gasteiger partial charge in [-0.3, -0.25) is 9.69 Å². The maximum absolute atomic E-state index is 12.6. The van der Waals surface area contributed by atoms with Gasteiger partial charge in [0.05, 0.1) is 6.21 Å². The monoisotopic (exact) mass is 565 g/mol. The summed E-state index contributed by atoms with van der Waals surface area (Å²) < 4.78 is 5.77. The van der Waals surface area contributed by atoms with Crippen LogP contribution >= 0.6 is 48.8 Å². The molecule has 2 aromatic rings. The first-order valence-electron chi connectivity index (χ1n) is 10.9. The Morgan fingerprint density at radius 1 is 0.943 bits per heavy atom. The van der Waals surface area contributed by atoms with Crippen LogP contribution in [0.15, 0.2) is 45.9 Å². The molecule has 3 heterocycles. The van der Waals surface area contributed by atoms with Crippen LogP contribution in [0.2, 0.25) is 5.02 Å². The molecule has 0 saturated carbocycles. The van der Waals surface area contributed by atoms with Gasteiger partial charge in [-0.25, -0.2) is 9.80 Å². The molecule has 0 N–H and O–H groups in total. The highest BCUT2D eigenvalue weighted by molar-refractivity contribution is 6.30. The van der Waals surface area contributed by atoms with Crippen molar-refractivity contribution in [3.8, 4) is 11.3 Å². The fourth-order valence-corrected chi connectivity index (χ4v) is 3.96. The molecule has 12 heteroatoms. The number of urea groups is 1. The summed E-state index contributed by atoms with van der Waals surface area (Å²) in [7, 11) is 2.14. The van der Waals surface area contributed by atoms with Crippen LogP contribution in [0.25, 0.3) is 11.3 Å². The molecule has 4 rings (SSSR count). The highest BCUT2D eigenvalue weighted by Crippen LogP contribution is 2.23. The summed E-state index contributed by atoms with van der Waals surface area (Å²) in [5.74, 6) is 0.961. The number of hydrogen-bond donors (Lipinski definition) is 0. The number of hydrazone groups is 1. The van der Waals surface area contributed by atoms with E-state index < -0.39 is 0 Å². The maximum Gasteiger partial charge on any atom is 0.347 e. The van der Waals surface area contributed by atoms with Gasteiger partial charge in [0, 0.05) is 43.3 Å². The number of halogens is 4. The molecule has 1 aromatic carbocycles. The lowest BCUT2D eigenvalue weighted by Crippen LogP contribution is -2.44. The molecule has 2 fully saturated rings. The minimum absolute atomic E-state index is 0. The highest BCUT2D eigenvalue weighted by Gasteiger charge is 2.35. The Labute approximate surface area is 229 Å². The average Bonchev–Trinajstić information content (AvgIpc) is 3.36.